The first kappa shape index (κ1) is 10.5. The van der Waals surface area contributed by atoms with E-state index in [0.29, 0.717) is 11.2 Å². The van der Waals surface area contributed by atoms with Crippen LogP contribution >= 0.6 is 0 Å². The highest BCUT2D eigenvalue weighted by molar-refractivity contribution is 6.08. The number of nitrogens with one attached hydrogen (secondary N) is 1. The number of carbonyl (C=O) groups is 1. The fourth-order valence-corrected chi connectivity index (χ4v) is 1.85. The SMILES string of the molecule is O=C(Nc1ccccc1)c1cccn2ccnc12. The molecule has 0 fully saturated rings. The summed E-state index contributed by atoms with van der Waals surface area (Å²) in [5, 5.41) is 2.85. The Morgan fingerprint density at radius 3 is 2.72 bits per heavy atom. The smallest absolute Gasteiger partial charge is 0.259 e. The summed E-state index contributed by atoms with van der Waals surface area (Å²) in [5.41, 5.74) is 1.99. The van der Waals surface area contributed by atoms with Crippen molar-refractivity contribution in [2.45, 2.75) is 0 Å². The number of nitrogens with zero attached hydrogens (tertiary/aromatic N) is 2. The number of rotatable bonds is 2. The second-order valence-electron chi connectivity index (χ2n) is 3.90. The predicted octanol–water partition coefficient (Wildman–Crippen LogP) is 2.59. The van der Waals surface area contributed by atoms with Crippen LogP contribution in [0.15, 0.2) is 61.1 Å². The van der Waals surface area contributed by atoms with Gasteiger partial charge < -0.3 is 9.72 Å². The number of aromatic nitrogens is 2. The van der Waals surface area contributed by atoms with Gasteiger partial charge >= 0.3 is 0 Å². The number of amides is 1. The zero-order valence-corrected chi connectivity index (χ0v) is 9.58. The van der Waals surface area contributed by atoms with Crippen LogP contribution in [0, 0.1) is 0 Å². The standard InChI is InChI=1S/C14H11N3O/c18-14(16-11-5-2-1-3-6-11)12-7-4-9-17-10-8-15-13(12)17/h1-10H,(H,16,18). The average molecular weight is 237 g/mol. The van der Waals surface area contributed by atoms with Crippen LogP contribution in [0.2, 0.25) is 0 Å². The summed E-state index contributed by atoms with van der Waals surface area (Å²) < 4.78 is 1.82. The van der Waals surface area contributed by atoms with Crippen LogP contribution < -0.4 is 5.32 Å². The van der Waals surface area contributed by atoms with Crippen molar-refractivity contribution in [3.05, 3.63) is 66.6 Å². The van der Waals surface area contributed by atoms with E-state index in [1.807, 2.05) is 53.2 Å². The molecule has 0 radical (unpaired) electrons. The summed E-state index contributed by atoms with van der Waals surface area (Å²) in [5.74, 6) is -0.155. The molecule has 3 aromatic rings. The van der Waals surface area contributed by atoms with E-state index >= 15 is 0 Å². The summed E-state index contributed by atoms with van der Waals surface area (Å²) in [6.07, 6.45) is 5.35. The van der Waals surface area contributed by atoms with Crippen LogP contribution in [0.1, 0.15) is 10.4 Å². The van der Waals surface area contributed by atoms with Gasteiger partial charge in [0.15, 0.2) is 0 Å². The van der Waals surface area contributed by atoms with Gasteiger partial charge in [-0.15, -0.1) is 0 Å². The lowest BCUT2D eigenvalue weighted by Gasteiger charge is -2.05. The van der Waals surface area contributed by atoms with Gasteiger partial charge in [0.2, 0.25) is 0 Å². The van der Waals surface area contributed by atoms with Gasteiger partial charge in [-0.2, -0.15) is 0 Å². The third-order valence-electron chi connectivity index (χ3n) is 2.70. The first-order valence-corrected chi connectivity index (χ1v) is 5.63. The number of carbonyl (C=O) groups excluding carboxylic acids is 1. The van der Waals surface area contributed by atoms with Gasteiger partial charge in [0.1, 0.15) is 5.65 Å². The van der Waals surface area contributed by atoms with Gasteiger partial charge in [0, 0.05) is 24.3 Å². The summed E-state index contributed by atoms with van der Waals surface area (Å²) in [6.45, 7) is 0. The minimum atomic E-state index is -0.155. The van der Waals surface area contributed by atoms with Gasteiger partial charge in [0.25, 0.3) is 5.91 Å². The van der Waals surface area contributed by atoms with Crippen LogP contribution in [0.3, 0.4) is 0 Å². The highest BCUT2D eigenvalue weighted by atomic mass is 16.1. The molecule has 0 unspecified atom stereocenters. The molecule has 4 heteroatoms. The molecular formula is C14H11N3O. The Balaban J connectivity index is 1.95. The zero-order valence-electron chi connectivity index (χ0n) is 9.58. The van der Waals surface area contributed by atoms with Gasteiger partial charge in [0.05, 0.1) is 5.56 Å². The van der Waals surface area contributed by atoms with E-state index in [2.05, 4.69) is 10.3 Å². The van der Waals surface area contributed by atoms with Crippen LogP contribution in [0.5, 0.6) is 0 Å². The Morgan fingerprint density at radius 1 is 1.06 bits per heavy atom. The van der Waals surface area contributed by atoms with Crippen molar-refractivity contribution in [3.8, 4) is 0 Å². The van der Waals surface area contributed by atoms with Gasteiger partial charge in [-0.25, -0.2) is 4.98 Å². The van der Waals surface area contributed by atoms with Crippen LogP contribution in [0.4, 0.5) is 5.69 Å². The number of pyridine rings is 1. The van der Waals surface area contributed by atoms with Crippen molar-refractivity contribution < 1.29 is 4.79 Å². The number of hydrogen-bond donors (Lipinski definition) is 1. The molecule has 4 nitrogen and oxygen atoms in total. The van der Waals surface area contributed by atoms with E-state index in [0.717, 1.165) is 5.69 Å². The van der Waals surface area contributed by atoms with Crippen molar-refractivity contribution in [2.75, 3.05) is 5.32 Å². The molecule has 3 rings (SSSR count). The number of hydrogen-bond acceptors (Lipinski definition) is 2. The van der Waals surface area contributed by atoms with Crippen molar-refractivity contribution in [1.82, 2.24) is 9.38 Å². The molecule has 0 aliphatic carbocycles. The first-order valence-electron chi connectivity index (χ1n) is 5.63. The quantitative estimate of drug-likeness (QED) is 0.744. The molecule has 0 saturated carbocycles. The lowest BCUT2D eigenvalue weighted by Crippen LogP contribution is -2.13. The number of anilines is 1. The van der Waals surface area contributed by atoms with E-state index in [4.69, 9.17) is 0 Å². The predicted molar refractivity (Wildman–Crippen MR) is 69.6 cm³/mol. The molecule has 18 heavy (non-hydrogen) atoms. The van der Waals surface area contributed by atoms with Gasteiger partial charge in [-0.05, 0) is 24.3 Å². The molecule has 2 aromatic heterocycles. The van der Waals surface area contributed by atoms with Crippen LogP contribution in [-0.4, -0.2) is 15.3 Å². The Morgan fingerprint density at radius 2 is 1.89 bits per heavy atom. The van der Waals surface area contributed by atoms with E-state index in [1.165, 1.54) is 0 Å². The Bertz CT molecular complexity index is 688. The summed E-state index contributed by atoms with van der Waals surface area (Å²) >= 11 is 0. The summed E-state index contributed by atoms with van der Waals surface area (Å²) in [4.78, 5) is 16.3. The normalized spacial score (nSPS) is 10.4. The molecule has 1 amide bonds. The Labute approximate surface area is 104 Å². The van der Waals surface area contributed by atoms with E-state index in [-0.39, 0.29) is 5.91 Å². The maximum Gasteiger partial charge on any atom is 0.259 e. The van der Waals surface area contributed by atoms with Crippen LogP contribution in [0.25, 0.3) is 5.65 Å². The zero-order chi connectivity index (χ0) is 12.4. The second kappa shape index (κ2) is 4.33. The van der Waals surface area contributed by atoms with Gasteiger partial charge in [-0.3, -0.25) is 4.79 Å². The number of benzene rings is 1. The maximum atomic E-state index is 12.2. The van der Waals surface area contributed by atoms with Crippen LogP contribution in [-0.2, 0) is 0 Å². The summed E-state index contributed by atoms with van der Waals surface area (Å²) in [7, 11) is 0. The molecular weight excluding hydrogens is 226 g/mol. The Hall–Kier alpha value is -2.62. The highest BCUT2D eigenvalue weighted by Gasteiger charge is 2.10. The van der Waals surface area contributed by atoms with Crippen molar-refractivity contribution in [3.63, 3.8) is 0 Å². The molecule has 0 saturated heterocycles. The van der Waals surface area contributed by atoms with Crippen molar-refractivity contribution >= 4 is 17.2 Å². The van der Waals surface area contributed by atoms with E-state index in [9.17, 15) is 4.79 Å². The molecule has 0 atom stereocenters. The topological polar surface area (TPSA) is 46.4 Å². The van der Waals surface area contributed by atoms with E-state index in [1.54, 1.807) is 12.3 Å². The lowest BCUT2D eigenvalue weighted by atomic mass is 10.2. The largest absolute Gasteiger partial charge is 0.322 e. The fourth-order valence-electron chi connectivity index (χ4n) is 1.85. The monoisotopic (exact) mass is 237 g/mol. The Kier molecular flexibility index (Phi) is 2.53. The maximum absolute atomic E-state index is 12.2. The van der Waals surface area contributed by atoms with E-state index < -0.39 is 0 Å². The first-order chi connectivity index (χ1) is 8.84. The molecule has 0 spiro atoms. The lowest BCUT2D eigenvalue weighted by molar-refractivity contribution is 0.102. The van der Waals surface area contributed by atoms with Gasteiger partial charge in [-0.1, -0.05) is 18.2 Å². The number of fused-ring (bicyclic) bond motifs is 1. The fraction of sp³-hybridized carbons (Fsp3) is 0. The summed E-state index contributed by atoms with van der Waals surface area (Å²) in [6, 6.07) is 13.0. The molecule has 88 valence electrons. The third-order valence-corrected chi connectivity index (χ3v) is 2.70. The molecule has 0 aliphatic heterocycles. The molecule has 0 aliphatic rings. The number of imidazole rings is 1. The molecule has 1 N–H and O–H groups in total. The minimum absolute atomic E-state index is 0.155. The second-order valence-corrected chi connectivity index (χ2v) is 3.90. The van der Waals surface area contributed by atoms with Crippen molar-refractivity contribution in [2.24, 2.45) is 0 Å². The minimum Gasteiger partial charge on any atom is -0.322 e. The van der Waals surface area contributed by atoms with Crippen molar-refractivity contribution in [1.29, 1.82) is 0 Å². The highest BCUT2D eigenvalue weighted by Crippen LogP contribution is 2.12. The molecule has 2 heterocycles. The average Bonchev–Trinajstić information content (AvgIpc) is 2.87. The number of para-hydroxylation sites is 1. The molecule has 0 bridgehead atoms. The third kappa shape index (κ3) is 1.84. The molecule has 1 aromatic carbocycles.